The van der Waals surface area contributed by atoms with Crippen LogP contribution < -0.4 is 10.5 Å². The van der Waals surface area contributed by atoms with Crippen LogP contribution in [-0.2, 0) is 6.42 Å². The van der Waals surface area contributed by atoms with Crippen LogP contribution in [0, 0.1) is 6.92 Å². The van der Waals surface area contributed by atoms with E-state index in [0.717, 1.165) is 23.1 Å². The molecule has 3 heteroatoms. The van der Waals surface area contributed by atoms with Crippen LogP contribution in [0.15, 0.2) is 46.9 Å². The molecule has 1 aliphatic heterocycles. The highest BCUT2D eigenvalue weighted by Gasteiger charge is 2.26. The lowest BCUT2D eigenvalue weighted by Gasteiger charge is -2.19. The van der Waals surface area contributed by atoms with Crippen LogP contribution in [0.4, 0.5) is 0 Å². The summed E-state index contributed by atoms with van der Waals surface area (Å²) in [5.41, 5.74) is 9.89. The minimum Gasteiger partial charge on any atom is -0.490 e. The van der Waals surface area contributed by atoms with Crippen LogP contribution in [0.3, 0.4) is 0 Å². The predicted octanol–water partition coefficient (Wildman–Crippen LogP) is 4.19. The largest absolute Gasteiger partial charge is 0.490 e. The molecule has 0 spiro atoms. The first-order valence-corrected chi connectivity index (χ1v) is 8.16. The van der Waals surface area contributed by atoms with Crippen LogP contribution in [0.5, 0.6) is 5.75 Å². The van der Waals surface area contributed by atoms with E-state index in [1.165, 1.54) is 16.7 Å². The minimum absolute atomic E-state index is 0.235. The highest BCUT2D eigenvalue weighted by molar-refractivity contribution is 9.10. The summed E-state index contributed by atoms with van der Waals surface area (Å²) in [6.07, 6.45) is 2.19. The molecule has 0 radical (unpaired) electrons. The third-order valence-electron chi connectivity index (χ3n) is 4.13. The fourth-order valence-electron chi connectivity index (χ4n) is 3.00. The Labute approximate surface area is 134 Å². The average Bonchev–Trinajstić information content (AvgIpc) is 2.87. The molecule has 0 amide bonds. The van der Waals surface area contributed by atoms with Gasteiger partial charge in [-0.1, -0.05) is 45.8 Å². The smallest absolute Gasteiger partial charge is 0.123 e. The van der Waals surface area contributed by atoms with Crippen molar-refractivity contribution in [1.29, 1.82) is 0 Å². The molecule has 0 aromatic heterocycles. The van der Waals surface area contributed by atoms with Gasteiger partial charge in [-0.2, -0.15) is 0 Å². The van der Waals surface area contributed by atoms with E-state index in [-0.39, 0.29) is 6.10 Å². The normalized spacial score (nSPS) is 18.1. The van der Waals surface area contributed by atoms with Gasteiger partial charge in [-0.25, -0.2) is 0 Å². The van der Waals surface area contributed by atoms with Crippen molar-refractivity contribution in [3.8, 4) is 5.75 Å². The van der Waals surface area contributed by atoms with E-state index in [4.69, 9.17) is 10.5 Å². The van der Waals surface area contributed by atoms with Crippen LogP contribution in [0.25, 0.3) is 0 Å². The molecular formula is C18H20BrNO. The Morgan fingerprint density at radius 3 is 2.71 bits per heavy atom. The lowest BCUT2D eigenvalue weighted by molar-refractivity contribution is 0.210. The van der Waals surface area contributed by atoms with Crippen molar-refractivity contribution in [2.24, 2.45) is 5.73 Å². The van der Waals surface area contributed by atoms with Gasteiger partial charge in [0.2, 0.25) is 0 Å². The van der Waals surface area contributed by atoms with E-state index in [1.54, 1.807) is 0 Å². The molecule has 1 aliphatic rings. The summed E-state index contributed by atoms with van der Waals surface area (Å²) in [5.74, 6) is 1.38. The SMILES string of the molecule is Cc1ccc2c(c1)CC(CC(CN)c1ccc(Br)cc1)O2. The van der Waals surface area contributed by atoms with Gasteiger partial charge in [0.1, 0.15) is 11.9 Å². The monoisotopic (exact) mass is 345 g/mol. The second-order valence-electron chi connectivity index (χ2n) is 5.78. The Kier molecular flexibility index (Phi) is 4.32. The third-order valence-corrected chi connectivity index (χ3v) is 4.66. The summed E-state index contributed by atoms with van der Waals surface area (Å²) >= 11 is 3.47. The van der Waals surface area contributed by atoms with Crippen molar-refractivity contribution in [3.05, 3.63) is 63.6 Å². The lowest BCUT2D eigenvalue weighted by Crippen LogP contribution is -2.22. The van der Waals surface area contributed by atoms with Crippen molar-refractivity contribution >= 4 is 15.9 Å². The van der Waals surface area contributed by atoms with Crippen molar-refractivity contribution in [2.75, 3.05) is 6.54 Å². The number of hydrogen-bond donors (Lipinski definition) is 1. The predicted molar refractivity (Wildman–Crippen MR) is 89.9 cm³/mol. The highest BCUT2D eigenvalue weighted by atomic mass is 79.9. The van der Waals surface area contributed by atoms with Gasteiger partial charge in [0.05, 0.1) is 0 Å². The summed E-state index contributed by atoms with van der Waals surface area (Å²) in [7, 11) is 0. The summed E-state index contributed by atoms with van der Waals surface area (Å²) < 4.78 is 7.17. The highest BCUT2D eigenvalue weighted by Crippen LogP contribution is 2.34. The number of rotatable bonds is 4. The van der Waals surface area contributed by atoms with Gasteiger partial charge in [-0.05, 0) is 55.1 Å². The van der Waals surface area contributed by atoms with Crippen LogP contribution in [0.2, 0.25) is 0 Å². The van der Waals surface area contributed by atoms with Crippen molar-refractivity contribution < 1.29 is 4.74 Å². The van der Waals surface area contributed by atoms with Gasteiger partial charge in [-0.3, -0.25) is 0 Å². The number of benzene rings is 2. The zero-order chi connectivity index (χ0) is 14.8. The van der Waals surface area contributed by atoms with E-state index < -0.39 is 0 Å². The van der Waals surface area contributed by atoms with Crippen LogP contribution >= 0.6 is 15.9 Å². The fourth-order valence-corrected chi connectivity index (χ4v) is 3.27. The van der Waals surface area contributed by atoms with Crippen LogP contribution in [-0.4, -0.2) is 12.6 Å². The molecule has 2 nitrogen and oxygen atoms in total. The molecule has 2 aromatic carbocycles. The maximum atomic E-state index is 6.07. The van der Waals surface area contributed by atoms with Gasteiger partial charge in [0, 0.05) is 10.9 Å². The van der Waals surface area contributed by atoms with Gasteiger partial charge in [-0.15, -0.1) is 0 Å². The topological polar surface area (TPSA) is 35.2 Å². The van der Waals surface area contributed by atoms with Crippen molar-refractivity contribution in [1.82, 2.24) is 0 Å². The number of fused-ring (bicyclic) bond motifs is 1. The zero-order valence-corrected chi connectivity index (χ0v) is 13.8. The molecule has 21 heavy (non-hydrogen) atoms. The van der Waals surface area contributed by atoms with Gasteiger partial charge in [0.15, 0.2) is 0 Å². The Balaban J connectivity index is 1.70. The molecule has 0 fully saturated rings. The molecule has 2 aromatic rings. The second-order valence-corrected chi connectivity index (χ2v) is 6.69. The van der Waals surface area contributed by atoms with Gasteiger partial charge in [0.25, 0.3) is 0 Å². The van der Waals surface area contributed by atoms with Gasteiger partial charge >= 0.3 is 0 Å². The third kappa shape index (κ3) is 3.30. The minimum atomic E-state index is 0.235. The Morgan fingerprint density at radius 1 is 1.24 bits per heavy atom. The second kappa shape index (κ2) is 6.20. The molecule has 0 saturated heterocycles. The first kappa shape index (κ1) is 14.6. The van der Waals surface area contributed by atoms with E-state index in [2.05, 4.69) is 65.3 Å². The molecule has 2 atom stereocenters. The Morgan fingerprint density at radius 2 is 2.00 bits per heavy atom. The number of halogens is 1. The molecular weight excluding hydrogens is 326 g/mol. The fraction of sp³-hybridized carbons (Fsp3) is 0.333. The van der Waals surface area contributed by atoms with Gasteiger partial charge < -0.3 is 10.5 Å². The maximum absolute atomic E-state index is 6.07. The Bertz CT molecular complexity index is 624. The number of hydrogen-bond acceptors (Lipinski definition) is 2. The quantitative estimate of drug-likeness (QED) is 0.901. The average molecular weight is 346 g/mol. The van der Waals surface area contributed by atoms with E-state index in [0.29, 0.717) is 12.5 Å². The molecule has 0 aliphatic carbocycles. The Hall–Kier alpha value is -1.32. The molecule has 3 rings (SSSR count). The van der Waals surface area contributed by atoms with Crippen molar-refractivity contribution in [2.45, 2.75) is 31.8 Å². The van der Waals surface area contributed by atoms with Crippen LogP contribution in [0.1, 0.15) is 29.0 Å². The van der Waals surface area contributed by atoms with Crippen molar-refractivity contribution in [3.63, 3.8) is 0 Å². The molecule has 0 saturated carbocycles. The number of nitrogens with two attached hydrogens (primary N) is 1. The summed E-state index contributed by atoms with van der Waals surface area (Å²) in [6.45, 7) is 2.77. The van der Waals surface area contributed by atoms with E-state index in [9.17, 15) is 0 Å². The standard InChI is InChI=1S/C18H20BrNO/c1-12-2-7-18-14(8-12)9-17(21-18)10-15(11-20)13-3-5-16(19)6-4-13/h2-8,15,17H,9-11,20H2,1H3. The molecule has 1 heterocycles. The summed E-state index contributed by atoms with van der Waals surface area (Å²) in [6, 6.07) is 14.9. The number of ether oxygens (including phenoxy) is 1. The number of aryl methyl sites for hydroxylation is 1. The molecule has 110 valence electrons. The first-order chi connectivity index (χ1) is 10.2. The first-order valence-electron chi connectivity index (χ1n) is 7.37. The summed E-state index contributed by atoms with van der Waals surface area (Å²) in [5, 5.41) is 0. The lowest BCUT2D eigenvalue weighted by atomic mass is 9.91. The zero-order valence-electron chi connectivity index (χ0n) is 12.2. The van der Waals surface area contributed by atoms with E-state index >= 15 is 0 Å². The maximum Gasteiger partial charge on any atom is 0.123 e. The molecule has 0 bridgehead atoms. The molecule has 2 N–H and O–H groups in total. The van der Waals surface area contributed by atoms with E-state index in [1.807, 2.05) is 0 Å². The summed E-state index contributed by atoms with van der Waals surface area (Å²) in [4.78, 5) is 0. The molecule has 2 unspecified atom stereocenters.